The number of benzene rings is 1. The SMILES string of the molecule is CN(C)[C@@H]1CCCN(C(=O)Cc2nc3ccccc3[nH]2)CC1. The molecular formula is C17H24N4O. The van der Waals surface area contributed by atoms with E-state index >= 15 is 0 Å². The molecule has 5 heteroatoms. The molecule has 0 unspecified atom stereocenters. The maximum atomic E-state index is 12.5. The number of aromatic nitrogens is 2. The van der Waals surface area contributed by atoms with Crippen molar-refractivity contribution < 1.29 is 4.79 Å². The summed E-state index contributed by atoms with van der Waals surface area (Å²) in [6, 6.07) is 8.48. The van der Waals surface area contributed by atoms with Gasteiger partial charge in [0.05, 0.1) is 17.5 Å². The predicted molar refractivity (Wildman–Crippen MR) is 87.7 cm³/mol. The predicted octanol–water partition coefficient (Wildman–Crippen LogP) is 2.05. The van der Waals surface area contributed by atoms with Crippen molar-refractivity contribution in [1.29, 1.82) is 0 Å². The third kappa shape index (κ3) is 3.30. The number of fused-ring (bicyclic) bond motifs is 1. The Morgan fingerprint density at radius 1 is 1.32 bits per heavy atom. The molecule has 1 aromatic heterocycles. The standard InChI is InChI=1S/C17H24N4O/c1-20(2)13-6-5-10-21(11-9-13)17(22)12-16-18-14-7-3-4-8-15(14)19-16/h3-4,7-8,13H,5-6,9-12H2,1-2H3,(H,18,19)/t13-/m1/s1. The first kappa shape index (κ1) is 15.0. The Balaban J connectivity index is 1.64. The molecule has 1 N–H and O–H groups in total. The van der Waals surface area contributed by atoms with Gasteiger partial charge in [-0.25, -0.2) is 4.98 Å². The second-order valence-electron chi connectivity index (χ2n) is 6.31. The Morgan fingerprint density at radius 2 is 2.14 bits per heavy atom. The van der Waals surface area contributed by atoms with Crippen LogP contribution in [0.25, 0.3) is 11.0 Å². The number of likely N-dealkylation sites (tertiary alicyclic amines) is 1. The van der Waals surface area contributed by atoms with Crippen LogP contribution in [0.4, 0.5) is 0 Å². The lowest BCUT2D eigenvalue weighted by Crippen LogP contribution is -2.34. The number of amides is 1. The van der Waals surface area contributed by atoms with Crippen molar-refractivity contribution in [2.75, 3.05) is 27.2 Å². The van der Waals surface area contributed by atoms with E-state index in [-0.39, 0.29) is 5.91 Å². The van der Waals surface area contributed by atoms with Crippen LogP contribution in [-0.4, -0.2) is 58.9 Å². The number of carbonyl (C=O) groups excluding carboxylic acids is 1. The highest BCUT2D eigenvalue weighted by atomic mass is 16.2. The summed E-state index contributed by atoms with van der Waals surface area (Å²) in [4.78, 5) is 24.5. The van der Waals surface area contributed by atoms with Crippen LogP contribution < -0.4 is 0 Å². The average Bonchev–Trinajstić information content (AvgIpc) is 2.73. The molecule has 3 rings (SSSR count). The molecule has 1 fully saturated rings. The first-order chi connectivity index (χ1) is 10.6. The average molecular weight is 300 g/mol. The van der Waals surface area contributed by atoms with Crippen LogP contribution in [0.2, 0.25) is 0 Å². The summed E-state index contributed by atoms with van der Waals surface area (Å²) in [5, 5.41) is 0. The summed E-state index contributed by atoms with van der Waals surface area (Å²) in [5.41, 5.74) is 1.92. The zero-order chi connectivity index (χ0) is 15.5. The maximum absolute atomic E-state index is 12.5. The molecule has 1 aliphatic rings. The number of H-pyrrole nitrogens is 1. The van der Waals surface area contributed by atoms with Crippen LogP contribution in [0.1, 0.15) is 25.1 Å². The lowest BCUT2D eigenvalue weighted by molar-refractivity contribution is -0.130. The normalized spacial score (nSPS) is 19.6. The molecule has 1 aliphatic heterocycles. The van der Waals surface area contributed by atoms with Gasteiger partial charge in [0.1, 0.15) is 5.82 Å². The van der Waals surface area contributed by atoms with Gasteiger partial charge in [0, 0.05) is 19.1 Å². The van der Waals surface area contributed by atoms with Crippen molar-refractivity contribution in [2.45, 2.75) is 31.7 Å². The molecule has 0 spiro atoms. The van der Waals surface area contributed by atoms with Crippen molar-refractivity contribution >= 4 is 16.9 Å². The molecule has 2 heterocycles. The van der Waals surface area contributed by atoms with Gasteiger partial charge in [-0.3, -0.25) is 4.79 Å². The van der Waals surface area contributed by atoms with E-state index in [1.807, 2.05) is 29.2 Å². The number of hydrogen-bond acceptors (Lipinski definition) is 3. The molecule has 1 aromatic carbocycles. The number of rotatable bonds is 3. The van der Waals surface area contributed by atoms with Crippen LogP contribution in [0, 0.1) is 0 Å². The van der Waals surface area contributed by atoms with Crippen LogP contribution in [0.15, 0.2) is 24.3 Å². The zero-order valence-corrected chi connectivity index (χ0v) is 13.4. The van der Waals surface area contributed by atoms with Crippen LogP contribution in [0.3, 0.4) is 0 Å². The molecule has 118 valence electrons. The Kier molecular flexibility index (Phi) is 4.43. The monoisotopic (exact) mass is 300 g/mol. The van der Waals surface area contributed by atoms with E-state index in [2.05, 4.69) is 29.0 Å². The highest BCUT2D eigenvalue weighted by Crippen LogP contribution is 2.16. The van der Waals surface area contributed by atoms with E-state index in [1.54, 1.807) is 0 Å². The molecule has 1 amide bonds. The van der Waals surface area contributed by atoms with Crippen LogP contribution in [0.5, 0.6) is 0 Å². The van der Waals surface area contributed by atoms with Crippen LogP contribution >= 0.6 is 0 Å². The van der Waals surface area contributed by atoms with Crippen molar-refractivity contribution in [3.8, 4) is 0 Å². The molecule has 0 radical (unpaired) electrons. The van der Waals surface area contributed by atoms with Crippen molar-refractivity contribution in [3.05, 3.63) is 30.1 Å². The van der Waals surface area contributed by atoms with Gasteiger partial charge in [0.2, 0.25) is 5.91 Å². The summed E-state index contributed by atoms with van der Waals surface area (Å²) in [6.07, 6.45) is 3.66. The number of nitrogens with zero attached hydrogens (tertiary/aromatic N) is 3. The Labute approximate surface area is 131 Å². The van der Waals surface area contributed by atoms with Crippen molar-refractivity contribution in [1.82, 2.24) is 19.8 Å². The highest BCUT2D eigenvalue weighted by molar-refractivity contribution is 5.80. The van der Waals surface area contributed by atoms with Gasteiger partial charge >= 0.3 is 0 Å². The van der Waals surface area contributed by atoms with E-state index in [0.717, 1.165) is 42.8 Å². The molecule has 0 aliphatic carbocycles. The van der Waals surface area contributed by atoms with Gasteiger partial charge in [-0.05, 0) is 45.5 Å². The minimum absolute atomic E-state index is 0.179. The number of hydrogen-bond donors (Lipinski definition) is 1. The van der Waals surface area contributed by atoms with Gasteiger partial charge in [-0.15, -0.1) is 0 Å². The van der Waals surface area contributed by atoms with Gasteiger partial charge in [-0.1, -0.05) is 12.1 Å². The molecule has 2 aromatic rings. The van der Waals surface area contributed by atoms with Gasteiger partial charge in [0.25, 0.3) is 0 Å². The third-order valence-corrected chi connectivity index (χ3v) is 4.54. The number of aromatic amines is 1. The topological polar surface area (TPSA) is 52.2 Å². The minimum atomic E-state index is 0.179. The summed E-state index contributed by atoms with van der Waals surface area (Å²) in [7, 11) is 4.24. The number of para-hydroxylation sites is 2. The molecular weight excluding hydrogens is 276 g/mol. The highest BCUT2D eigenvalue weighted by Gasteiger charge is 2.22. The van der Waals surface area contributed by atoms with Crippen LogP contribution in [-0.2, 0) is 11.2 Å². The quantitative estimate of drug-likeness (QED) is 0.944. The second kappa shape index (κ2) is 6.48. The lowest BCUT2D eigenvalue weighted by Gasteiger charge is -2.23. The fourth-order valence-electron chi connectivity index (χ4n) is 3.19. The molecule has 0 bridgehead atoms. The first-order valence-corrected chi connectivity index (χ1v) is 8.01. The molecule has 1 saturated heterocycles. The minimum Gasteiger partial charge on any atom is -0.342 e. The first-order valence-electron chi connectivity index (χ1n) is 8.01. The summed E-state index contributed by atoms with van der Waals surface area (Å²) in [6.45, 7) is 1.71. The molecule has 1 atom stereocenters. The van der Waals surface area contributed by atoms with E-state index in [1.165, 1.54) is 6.42 Å². The Hall–Kier alpha value is -1.88. The summed E-state index contributed by atoms with van der Waals surface area (Å²) < 4.78 is 0. The Bertz CT molecular complexity index is 616. The molecule has 5 nitrogen and oxygen atoms in total. The summed E-state index contributed by atoms with van der Waals surface area (Å²) in [5.74, 6) is 0.943. The van der Waals surface area contributed by atoms with E-state index < -0.39 is 0 Å². The number of carbonyl (C=O) groups is 1. The Morgan fingerprint density at radius 3 is 2.91 bits per heavy atom. The number of imidazole rings is 1. The fourth-order valence-corrected chi connectivity index (χ4v) is 3.19. The second-order valence-corrected chi connectivity index (χ2v) is 6.31. The van der Waals surface area contributed by atoms with Gasteiger partial charge in [-0.2, -0.15) is 0 Å². The molecule has 0 saturated carbocycles. The summed E-state index contributed by atoms with van der Waals surface area (Å²) >= 11 is 0. The third-order valence-electron chi connectivity index (χ3n) is 4.54. The van der Waals surface area contributed by atoms with Gasteiger partial charge < -0.3 is 14.8 Å². The lowest BCUT2D eigenvalue weighted by atomic mass is 10.1. The smallest absolute Gasteiger partial charge is 0.230 e. The van der Waals surface area contributed by atoms with Gasteiger partial charge in [0.15, 0.2) is 0 Å². The maximum Gasteiger partial charge on any atom is 0.230 e. The van der Waals surface area contributed by atoms with E-state index in [9.17, 15) is 4.79 Å². The molecule has 22 heavy (non-hydrogen) atoms. The largest absolute Gasteiger partial charge is 0.342 e. The van der Waals surface area contributed by atoms with Crippen molar-refractivity contribution in [3.63, 3.8) is 0 Å². The fraction of sp³-hybridized carbons (Fsp3) is 0.529. The van der Waals surface area contributed by atoms with Crippen molar-refractivity contribution in [2.24, 2.45) is 0 Å². The zero-order valence-electron chi connectivity index (χ0n) is 13.4. The van der Waals surface area contributed by atoms with E-state index in [0.29, 0.717) is 12.5 Å². The van der Waals surface area contributed by atoms with E-state index in [4.69, 9.17) is 0 Å². The number of nitrogens with one attached hydrogen (secondary N) is 1.